The van der Waals surface area contributed by atoms with Crippen molar-refractivity contribution in [3.63, 3.8) is 0 Å². The second-order valence-electron chi connectivity index (χ2n) is 19.3. The van der Waals surface area contributed by atoms with Gasteiger partial charge in [0.15, 0.2) is 0 Å². The molecule has 4 aliphatic carbocycles. The van der Waals surface area contributed by atoms with E-state index in [1.165, 1.54) is 186 Å². The molecule has 0 heterocycles. The molecule has 0 saturated heterocycles. The van der Waals surface area contributed by atoms with Gasteiger partial charge in [-0.3, -0.25) is 4.79 Å². The Morgan fingerprint density at radius 1 is 0.509 bits per heavy atom. The van der Waals surface area contributed by atoms with E-state index >= 15 is 0 Å². The first kappa shape index (κ1) is 44.7. The largest absolute Gasteiger partial charge is 0.495 e. The summed E-state index contributed by atoms with van der Waals surface area (Å²) in [7, 11) is 0. The zero-order valence-corrected chi connectivity index (χ0v) is 35.9. The van der Waals surface area contributed by atoms with Gasteiger partial charge in [-0.25, -0.2) is 0 Å². The number of ether oxygens (including phenoxy) is 2. The molecule has 308 valence electrons. The highest BCUT2D eigenvalue weighted by Gasteiger charge is 2.39. The molecule has 5 unspecified atom stereocenters. The highest BCUT2D eigenvalue weighted by Crippen LogP contribution is 2.49. The molecule has 0 radical (unpaired) electrons. The highest BCUT2D eigenvalue weighted by atomic mass is 16.5. The summed E-state index contributed by atoms with van der Waals surface area (Å²) >= 11 is 0. The molecule has 53 heavy (non-hydrogen) atoms. The van der Waals surface area contributed by atoms with Crippen LogP contribution in [-0.2, 0) is 14.3 Å². The fraction of sp³-hybridized carbons (Fsp3) is 0.940. The number of hydrogen-bond acceptors (Lipinski definition) is 3. The van der Waals surface area contributed by atoms with Crippen molar-refractivity contribution >= 4 is 5.97 Å². The molecule has 4 aliphatic rings. The normalized spacial score (nSPS) is 26.6. The third kappa shape index (κ3) is 17.8. The molecular weight excluding hydrogens is 649 g/mol. The van der Waals surface area contributed by atoms with E-state index in [4.69, 9.17) is 9.47 Å². The molecular formula is C50H90O3. The molecule has 3 heteroatoms. The lowest BCUT2D eigenvalue weighted by Gasteiger charge is -2.26. The lowest BCUT2D eigenvalue weighted by Crippen LogP contribution is -2.20. The zero-order chi connectivity index (χ0) is 37.5. The van der Waals surface area contributed by atoms with Gasteiger partial charge in [0.05, 0.1) is 11.9 Å². The Labute approximate surface area is 330 Å². The van der Waals surface area contributed by atoms with E-state index in [1.54, 1.807) is 0 Å². The van der Waals surface area contributed by atoms with Gasteiger partial charge in [0.25, 0.3) is 0 Å². The maximum Gasteiger partial charge on any atom is 0.306 e. The van der Waals surface area contributed by atoms with Gasteiger partial charge in [-0.2, -0.15) is 0 Å². The predicted octanol–water partition coefficient (Wildman–Crippen LogP) is 15.9. The average Bonchev–Trinajstić information content (AvgIpc) is 3.76. The minimum absolute atomic E-state index is 0.0576. The molecule has 0 aliphatic heterocycles. The van der Waals surface area contributed by atoms with Crippen molar-refractivity contribution in [1.82, 2.24) is 0 Å². The number of esters is 1. The summed E-state index contributed by atoms with van der Waals surface area (Å²) in [4.78, 5) is 13.1. The van der Waals surface area contributed by atoms with E-state index in [9.17, 15) is 4.79 Å². The van der Waals surface area contributed by atoms with Crippen molar-refractivity contribution in [2.45, 2.75) is 258 Å². The summed E-state index contributed by atoms with van der Waals surface area (Å²) in [6, 6.07) is 0. The average molecular weight is 739 g/mol. The van der Waals surface area contributed by atoms with Crippen LogP contribution in [0.4, 0.5) is 0 Å². The van der Waals surface area contributed by atoms with Crippen molar-refractivity contribution in [3.8, 4) is 0 Å². The fourth-order valence-corrected chi connectivity index (χ4v) is 11.8. The summed E-state index contributed by atoms with van der Waals surface area (Å²) in [6.07, 6.45) is 45.6. The Morgan fingerprint density at radius 3 is 1.42 bits per heavy atom. The van der Waals surface area contributed by atoms with E-state index in [2.05, 4.69) is 27.4 Å². The van der Waals surface area contributed by atoms with Crippen LogP contribution in [0.1, 0.15) is 245 Å². The first-order chi connectivity index (χ1) is 26.0. The summed E-state index contributed by atoms with van der Waals surface area (Å²) < 4.78 is 13.1. The Kier molecular flexibility index (Phi) is 22.6. The monoisotopic (exact) mass is 739 g/mol. The van der Waals surface area contributed by atoms with Crippen molar-refractivity contribution in [2.24, 2.45) is 41.4 Å². The molecule has 0 aromatic heterocycles. The van der Waals surface area contributed by atoms with Crippen LogP contribution in [-0.4, -0.2) is 18.2 Å². The van der Waals surface area contributed by atoms with Crippen LogP contribution < -0.4 is 0 Å². The van der Waals surface area contributed by atoms with E-state index in [0.717, 1.165) is 73.4 Å². The van der Waals surface area contributed by atoms with Crippen molar-refractivity contribution in [2.75, 3.05) is 0 Å². The van der Waals surface area contributed by atoms with Crippen LogP contribution >= 0.6 is 0 Å². The lowest BCUT2D eigenvalue weighted by molar-refractivity contribution is -0.150. The molecule has 0 N–H and O–H groups in total. The summed E-state index contributed by atoms with van der Waals surface area (Å²) in [6.45, 7) is 11.4. The lowest BCUT2D eigenvalue weighted by atomic mass is 9.82. The zero-order valence-electron chi connectivity index (χ0n) is 35.9. The van der Waals surface area contributed by atoms with Crippen LogP contribution in [0.5, 0.6) is 0 Å². The van der Waals surface area contributed by atoms with E-state index < -0.39 is 0 Å². The molecule has 4 saturated carbocycles. The van der Waals surface area contributed by atoms with E-state index in [0.29, 0.717) is 18.4 Å². The molecule has 0 aromatic rings. The number of carbonyl (C=O) groups excluding carboxylic acids is 1. The molecule has 3 nitrogen and oxygen atoms in total. The summed E-state index contributed by atoms with van der Waals surface area (Å²) in [5.41, 5.74) is 0. The number of fused-ring (bicyclic) bond motifs is 2. The number of allylic oxidation sites excluding steroid dienone is 1. The molecule has 4 rings (SSSR count). The number of rotatable bonds is 30. The molecule has 4 fully saturated rings. The first-order valence-corrected chi connectivity index (χ1v) is 24.5. The third-order valence-corrected chi connectivity index (χ3v) is 14.8. The predicted molar refractivity (Wildman–Crippen MR) is 227 cm³/mol. The molecule has 5 atom stereocenters. The minimum Gasteiger partial charge on any atom is -0.495 e. The van der Waals surface area contributed by atoms with Crippen LogP contribution in [0.2, 0.25) is 0 Å². The van der Waals surface area contributed by atoms with Gasteiger partial charge in [0.1, 0.15) is 6.10 Å². The number of hydrogen-bond donors (Lipinski definition) is 0. The van der Waals surface area contributed by atoms with Gasteiger partial charge in [0, 0.05) is 12.8 Å². The van der Waals surface area contributed by atoms with E-state index in [-0.39, 0.29) is 12.1 Å². The Bertz CT molecular complexity index is 882. The maximum absolute atomic E-state index is 13.1. The number of carbonyl (C=O) groups is 1. The van der Waals surface area contributed by atoms with Crippen LogP contribution in [0.15, 0.2) is 12.3 Å². The minimum atomic E-state index is 0.0576. The van der Waals surface area contributed by atoms with Crippen molar-refractivity contribution in [3.05, 3.63) is 12.3 Å². The Balaban J connectivity index is 1.19. The Morgan fingerprint density at radius 2 is 0.943 bits per heavy atom. The second kappa shape index (κ2) is 26.8. The molecule has 0 aromatic carbocycles. The van der Waals surface area contributed by atoms with Crippen LogP contribution in [0.3, 0.4) is 0 Å². The highest BCUT2D eigenvalue weighted by molar-refractivity contribution is 5.69. The standard InChI is InChI=1S/C50H90O3/c1-5-8-11-13-15-31-48(32-16-14-12-9-6-2)53-50(51)33-22-26-41(24-10-7-3)25-21-23-40(4)52-49(38-42-34-44-27-17-18-28-45(44)35-42)39-43-36-46-29-19-20-30-47(46)37-43/h41-49H,4-39H2,1-3H3. The van der Waals surface area contributed by atoms with Crippen LogP contribution in [0.25, 0.3) is 0 Å². The van der Waals surface area contributed by atoms with Crippen molar-refractivity contribution in [1.29, 1.82) is 0 Å². The quantitative estimate of drug-likeness (QED) is 0.0418. The molecule has 0 bridgehead atoms. The second-order valence-corrected chi connectivity index (χ2v) is 19.3. The van der Waals surface area contributed by atoms with Crippen LogP contribution in [0, 0.1) is 41.4 Å². The Hall–Kier alpha value is -0.990. The molecule has 0 amide bonds. The maximum atomic E-state index is 13.1. The summed E-state index contributed by atoms with van der Waals surface area (Å²) in [5, 5.41) is 0. The van der Waals surface area contributed by atoms with Gasteiger partial charge >= 0.3 is 5.97 Å². The topological polar surface area (TPSA) is 35.5 Å². The SMILES string of the molecule is C=C(CCCC(CCCC)CCCC(=O)OC(CCCCCCC)CCCCCCC)OC(CC1CC2CCCCC2C1)CC1CC2CCCCC2C1. The third-order valence-electron chi connectivity index (χ3n) is 14.8. The number of unbranched alkanes of at least 4 members (excludes halogenated alkanes) is 9. The summed E-state index contributed by atoms with van der Waals surface area (Å²) in [5.74, 6) is 7.61. The fourth-order valence-electron chi connectivity index (χ4n) is 11.8. The molecule has 0 spiro atoms. The van der Waals surface area contributed by atoms with Gasteiger partial charge in [-0.05, 0) is 125 Å². The van der Waals surface area contributed by atoms with E-state index in [1.807, 2.05) is 0 Å². The van der Waals surface area contributed by atoms with Gasteiger partial charge < -0.3 is 9.47 Å². The first-order valence-electron chi connectivity index (χ1n) is 24.5. The smallest absolute Gasteiger partial charge is 0.306 e. The van der Waals surface area contributed by atoms with Crippen molar-refractivity contribution < 1.29 is 14.3 Å². The van der Waals surface area contributed by atoms with Gasteiger partial charge in [-0.15, -0.1) is 0 Å². The van der Waals surface area contributed by atoms with Gasteiger partial charge in [0.2, 0.25) is 0 Å². The van der Waals surface area contributed by atoms with Gasteiger partial charge in [-0.1, -0.05) is 156 Å².